The predicted molar refractivity (Wildman–Crippen MR) is 126 cm³/mol. The zero-order valence-corrected chi connectivity index (χ0v) is 19.1. The molecule has 170 valence electrons. The number of carbonyl (C=O) groups excluding carboxylic acids is 1. The van der Waals surface area contributed by atoms with Gasteiger partial charge in [0.2, 0.25) is 5.92 Å². The molecular weight excluding hydrogens is 430 g/mol. The number of carbonyl (C=O) groups is 1. The van der Waals surface area contributed by atoms with Crippen molar-refractivity contribution in [2.45, 2.75) is 49.8 Å². The van der Waals surface area contributed by atoms with Crippen molar-refractivity contribution < 1.29 is 22.7 Å². The molecule has 3 rings (SSSR count). The minimum absolute atomic E-state index is 0.0108. The first-order valence-corrected chi connectivity index (χ1v) is 11.8. The van der Waals surface area contributed by atoms with Gasteiger partial charge in [0.1, 0.15) is 11.3 Å². The van der Waals surface area contributed by atoms with Crippen LogP contribution in [0.4, 0.5) is 8.78 Å². The van der Waals surface area contributed by atoms with Crippen molar-refractivity contribution in [3.05, 3.63) is 66.7 Å². The minimum Gasteiger partial charge on any atom is -0.463 e. The van der Waals surface area contributed by atoms with Gasteiger partial charge in [-0.15, -0.1) is 11.8 Å². The van der Waals surface area contributed by atoms with Crippen molar-refractivity contribution in [2.75, 3.05) is 12.4 Å². The highest BCUT2D eigenvalue weighted by Crippen LogP contribution is 2.33. The number of hydrogen-bond acceptors (Lipinski definition) is 4. The van der Waals surface area contributed by atoms with Gasteiger partial charge in [0.15, 0.2) is 0 Å². The molecule has 0 spiro atoms. The SMILES string of the molecule is C=CC(=O)OCCCC(F)(F)CCCSc1ccc2cc(-c3ccccc3CC)oc2c1. The van der Waals surface area contributed by atoms with Gasteiger partial charge in [0, 0.05) is 34.8 Å². The number of benzene rings is 2. The molecule has 0 fully saturated rings. The van der Waals surface area contributed by atoms with Crippen LogP contribution in [0.1, 0.15) is 38.2 Å². The molecule has 1 aromatic heterocycles. The van der Waals surface area contributed by atoms with Crippen LogP contribution in [0.15, 0.2) is 70.5 Å². The number of aryl methyl sites for hydroxylation is 1. The fourth-order valence-corrected chi connectivity index (χ4v) is 4.39. The molecule has 0 aliphatic rings. The number of fused-ring (bicyclic) bond motifs is 1. The smallest absolute Gasteiger partial charge is 0.330 e. The van der Waals surface area contributed by atoms with Crippen LogP contribution in [0.5, 0.6) is 0 Å². The second-order valence-corrected chi connectivity index (χ2v) is 8.77. The fourth-order valence-electron chi connectivity index (χ4n) is 3.51. The van der Waals surface area contributed by atoms with Gasteiger partial charge in [-0.2, -0.15) is 0 Å². The third-order valence-corrected chi connectivity index (χ3v) is 6.29. The van der Waals surface area contributed by atoms with E-state index in [1.54, 1.807) is 11.8 Å². The molecule has 0 bridgehead atoms. The molecule has 32 heavy (non-hydrogen) atoms. The quantitative estimate of drug-likeness (QED) is 0.121. The number of ether oxygens (including phenoxy) is 1. The van der Waals surface area contributed by atoms with Crippen molar-refractivity contribution in [1.82, 2.24) is 0 Å². The molecule has 2 aromatic carbocycles. The van der Waals surface area contributed by atoms with E-state index in [2.05, 4.69) is 25.6 Å². The van der Waals surface area contributed by atoms with E-state index in [1.807, 2.05) is 36.4 Å². The van der Waals surface area contributed by atoms with Crippen LogP contribution in [0, 0.1) is 0 Å². The Morgan fingerprint density at radius 3 is 2.72 bits per heavy atom. The van der Waals surface area contributed by atoms with Crippen LogP contribution in [-0.2, 0) is 16.0 Å². The lowest BCUT2D eigenvalue weighted by molar-refractivity contribution is -0.138. The van der Waals surface area contributed by atoms with Crippen molar-refractivity contribution >= 4 is 28.7 Å². The summed E-state index contributed by atoms with van der Waals surface area (Å²) in [6, 6.07) is 16.2. The summed E-state index contributed by atoms with van der Waals surface area (Å²) in [5.74, 6) is -1.90. The van der Waals surface area contributed by atoms with Crippen LogP contribution in [0.25, 0.3) is 22.3 Å². The van der Waals surface area contributed by atoms with Gasteiger partial charge < -0.3 is 9.15 Å². The molecule has 6 heteroatoms. The van der Waals surface area contributed by atoms with E-state index < -0.39 is 11.9 Å². The van der Waals surface area contributed by atoms with E-state index in [0.29, 0.717) is 12.2 Å². The summed E-state index contributed by atoms with van der Waals surface area (Å²) in [7, 11) is 0. The second kappa shape index (κ2) is 11.3. The maximum absolute atomic E-state index is 14.0. The third kappa shape index (κ3) is 6.70. The zero-order valence-electron chi connectivity index (χ0n) is 18.2. The molecule has 0 aliphatic heterocycles. The summed E-state index contributed by atoms with van der Waals surface area (Å²) >= 11 is 1.55. The number of halogens is 2. The summed E-state index contributed by atoms with van der Waals surface area (Å²) in [4.78, 5) is 11.9. The molecular formula is C26H28F2O3S. The van der Waals surface area contributed by atoms with E-state index in [-0.39, 0.29) is 25.9 Å². The fraction of sp³-hybridized carbons (Fsp3) is 0.346. The van der Waals surface area contributed by atoms with Gasteiger partial charge in [-0.3, -0.25) is 0 Å². The molecule has 0 unspecified atom stereocenters. The van der Waals surface area contributed by atoms with E-state index in [1.165, 1.54) is 5.56 Å². The van der Waals surface area contributed by atoms with Gasteiger partial charge in [-0.1, -0.05) is 37.8 Å². The number of rotatable bonds is 12. The molecule has 0 amide bonds. The van der Waals surface area contributed by atoms with Crippen LogP contribution in [0.2, 0.25) is 0 Å². The van der Waals surface area contributed by atoms with Crippen molar-refractivity contribution in [3.8, 4) is 11.3 Å². The number of esters is 1. The molecule has 0 saturated heterocycles. The Balaban J connectivity index is 1.50. The summed E-state index contributed by atoms with van der Waals surface area (Å²) < 4.78 is 38.9. The molecule has 0 saturated carbocycles. The molecule has 3 aromatic rings. The van der Waals surface area contributed by atoms with Gasteiger partial charge in [-0.25, -0.2) is 13.6 Å². The van der Waals surface area contributed by atoms with E-state index in [9.17, 15) is 13.6 Å². The maximum atomic E-state index is 14.0. The van der Waals surface area contributed by atoms with Gasteiger partial charge in [0.25, 0.3) is 0 Å². The highest BCUT2D eigenvalue weighted by atomic mass is 32.2. The van der Waals surface area contributed by atoms with Crippen LogP contribution < -0.4 is 0 Å². The summed E-state index contributed by atoms with van der Waals surface area (Å²) in [5, 5.41) is 1.03. The van der Waals surface area contributed by atoms with Gasteiger partial charge in [-0.05, 0) is 54.8 Å². The molecule has 0 atom stereocenters. The Morgan fingerprint density at radius 2 is 1.94 bits per heavy atom. The molecule has 1 heterocycles. The summed E-state index contributed by atoms with van der Waals surface area (Å²) in [6.07, 6.45) is 2.02. The Hall–Kier alpha value is -2.60. The van der Waals surface area contributed by atoms with Gasteiger partial charge >= 0.3 is 5.97 Å². The Bertz CT molecular complexity index is 1060. The monoisotopic (exact) mass is 458 g/mol. The number of hydrogen-bond donors (Lipinski definition) is 0. The van der Waals surface area contributed by atoms with Gasteiger partial charge in [0.05, 0.1) is 6.61 Å². The lowest BCUT2D eigenvalue weighted by Crippen LogP contribution is -2.17. The highest BCUT2D eigenvalue weighted by molar-refractivity contribution is 7.99. The normalized spacial score (nSPS) is 11.6. The highest BCUT2D eigenvalue weighted by Gasteiger charge is 2.27. The second-order valence-electron chi connectivity index (χ2n) is 7.60. The maximum Gasteiger partial charge on any atom is 0.330 e. The Kier molecular flexibility index (Phi) is 8.51. The number of thioether (sulfide) groups is 1. The van der Waals surface area contributed by atoms with E-state index >= 15 is 0 Å². The standard InChI is InChI=1S/C26H28F2O3S/c1-3-19-9-5-6-10-22(19)24-17-20-11-12-21(18-23(20)31-24)32-16-8-14-26(27,28)13-7-15-30-25(29)4-2/h4-6,9-12,17-18H,2-3,7-8,13-16H2,1H3. The average molecular weight is 459 g/mol. The van der Waals surface area contributed by atoms with Crippen LogP contribution in [-0.4, -0.2) is 24.3 Å². The lowest BCUT2D eigenvalue weighted by Gasteiger charge is -2.15. The molecule has 0 N–H and O–H groups in total. The number of alkyl halides is 2. The first kappa shape index (κ1) is 24.1. The Morgan fingerprint density at radius 1 is 1.16 bits per heavy atom. The topological polar surface area (TPSA) is 39.4 Å². The van der Waals surface area contributed by atoms with Crippen molar-refractivity contribution in [2.24, 2.45) is 0 Å². The third-order valence-electron chi connectivity index (χ3n) is 5.21. The van der Waals surface area contributed by atoms with E-state index in [4.69, 9.17) is 9.15 Å². The minimum atomic E-state index is -2.76. The van der Waals surface area contributed by atoms with E-state index in [0.717, 1.165) is 39.7 Å². The summed E-state index contributed by atoms with van der Waals surface area (Å²) in [5.41, 5.74) is 3.14. The lowest BCUT2D eigenvalue weighted by atomic mass is 10.0. The average Bonchev–Trinajstić information content (AvgIpc) is 3.22. The number of furan rings is 1. The largest absolute Gasteiger partial charge is 0.463 e. The van der Waals surface area contributed by atoms with Crippen molar-refractivity contribution in [1.29, 1.82) is 0 Å². The van der Waals surface area contributed by atoms with Crippen molar-refractivity contribution in [3.63, 3.8) is 0 Å². The summed E-state index contributed by atoms with van der Waals surface area (Å²) in [6.45, 7) is 5.38. The Labute approximate surface area is 191 Å². The predicted octanol–water partition coefficient (Wildman–Crippen LogP) is 7.68. The molecule has 0 aliphatic carbocycles. The van der Waals surface area contributed by atoms with Crippen LogP contribution in [0.3, 0.4) is 0 Å². The van der Waals surface area contributed by atoms with Crippen LogP contribution >= 0.6 is 11.8 Å². The first-order valence-electron chi connectivity index (χ1n) is 10.8. The molecule has 3 nitrogen and oxygen atoms in total. The zero-order chi connectivity index (χ0) is 23.0. The molecule has 0 radical (unpaired) electrons. The first-order chi connectivity index (χ1) is 15.4.